The molecular weight excluding hydrogens is 280 g/mol. The first kappa shape index (κ1) is 15.3. The molecule has 0 aliphatic heterocycles. The van der Waals surface area contributed by atoms with Crippen LogP contribution in [0.15, 0.2) is 54.6 Å². The molecule has 0 saturated heterocycles. The third-order valence-corrected chi connectivity index (χ3v) is 4.38. The molecule has 1 N–H and O–H groups in total. The molecule has 0 atom stereocenters. The lowest BCUT2D eigenvalue weighted by molar-refractivity contribution is 1.15. The van der Waals surface area contributed by atoms with E-state index in [-0.39, 0.29) is 0 Å². The maximum Gasteiger partial charge on any atom is 0.131 e. The van der Waals surface area contributed by atoms with Crippen molar-refractivity contribution in [2.75, 3.05) is 5.32 Å². The van der Waals surface area contributed by atoms with E-state index >= 15 is 0 Å². The van der Waals surface area contributed by atoms with Gasteiger partial charge in [0.1, 0.15) is 5.82 Å². The van der Waals surface area contributed by atoms with Gasteiger partial charge < -0.3 is 5.32 Å². The number of rotatable bonds is 3. The summed E-state index contributed by atoms with van der Waals surface area (Å²) in [6, 6.07) is 18.9. The second-order valence-electron chi connectivity index (χ2n) is 6.06. The third kappa shape index (κ3) is 3.26. The van der Waals surface area contributed by atoms with Crippen molar-refractivity contribution < 1.29 is 0 Å². The summed E-state index contributed by atoms with van der Waals surface area (Å²) >= 11 is 0. The van der Waals surface area contributed by atoms with Crippen molar-refractivity contribution in [3.8, 4) is 11.1 Å². The number of anilines is 2. The number of nitrogens with one attached hydrogen (secondary N) is 1. The van der Waals surface area contributed by atoms with Gasteiger partial charge in [0.25, 0.3) is 0 Å². The van der Waals surface area contributed by atoms with Crippen LogP contribution in [0, 0.1) is 27.7 Å². The highest BCUT2D eigenvalue weighted by molar-refractivity contribution is 5.73. The molecule has 116 valence electrons. The number of pyridine rings is 1. The zero-order valence-corrected chi connectivity index (χ0v) is 14.1. The second kappa shape index (κ2) is 6.25. The highest BCUT2D eigenvalue weighted by Crippen LogP contribution is 2.29. The Balaban J connectivity index is 2.04. The Kier molecular flexibility index (Phi) is 4.16. The third-order valence-electron chi connectivity index (χ3n) is 4.38. The molecule has 0 spiro atoms. The molecule has 0 saturated carbocycles. The number of hydrogen-bond donors (Lipinski definition) is 1. The van der Waals surface area contributed by atoms with Crippen LogP contribution in [0.1, 0.15) is 22.4 Å². The maximum atomic E-state index is 4.68. The number of nitrogens with zero attached hydrogens (tertiary/aromatic N) is 1. The first-order chi connectivity index (χ1) is 11.0. The number of hydrogen-bond acceptors (Lipinski definition) is 2. The predicted octanol–water partition coefficient (Wildman–Crippen LogP) is 5.73. The zero-order chi connectivity index (χ0) is 16.4. The van der Waals surface area contributed by atoms with E-state index in [2.05, 4.69) is 62.3 Å². The van der Waals surface area contributed by atoms with Crippen LogP contribution in [0.4, 0.5) is 11.5 Å². The molecule has 2 nitrogen and oxygen atoms in total. The molecule has 2 heteroatoms. The highest BCUT2D eigenvalue weighted by Gasteiger charge is 2.09. The van der Waals surface area contributed by atoms with Crippen molar-refractivity contribution in [1.29, 1.82) is 0 Å². The van der Waals surface area contributed by atoms with Gasteiger partial charge in [-0.1, -0.05) is 36.4 Å². The molecule has 0 unspecified atom stereocenters. The lowest BCUT2D eigenvalue weighted by atomic mass is 9.97. The van der Waals surface area contributed by atoms with Gasteiger partial charge in [0, 0.05) is 11.4 Å². The van der Waals surface area contributed by atoms with Crippen molar-refractivity contribution >= 4 is 11.5 Å². The number of benzene rings is 2. The van der Waals surface area contributed by atoms with E-state index in [1.165, 1.54) is 27.8 Å². The second-order valence-corrected chi connectivity index (χ2v) is 6.06. The van der Waals surface area contributed by atoms with Gasteiger partial charge in [-0.2, -0.15) is 0 Å². The van der Waals surface area contributed by atoms with Gasteiger partial charge in [-0.05, 0) is 73.7 Å². The van der Waals surface area contributed by atoms with E-state index < -0.39 is 0 Å². The molecule has 2 aromatic carbocycles. The fourth-order valence-electron chi connectivity index (χ4n) is 2.68. The van der Waals surface area contributed by atoms with Crippen LogP contribution in [-0.4, -0.2) is 4.98 Å². The van der Waals surface area contributed by atoms with Crippen molar-refractivity contribution in [3.05, 3.63) is 77.0 Å². The first-order valence-electron chi connectivity index (χ1n) is 7.92. The maximum absolute atomic E-state index is 4.68. The van der Waals surface area contributed by atoms with Gasteiger partial charge >= 0.3 is 0 Å². The van der Waals surface area contributed by atoms with Gasteiger partial charge in [-0.15, -0.1) is 0 Å². The minimum Gasteiger partial charge on any atom is -0.340 e. The van der Waals surface area contributed by atoms with E-state index in [9.17, 15) is 0 Å². The van der Waals surface area contributed by atoms with E-state index in [0.29, 0.717) is 0 Å². The lowest BCUT2D eigenvalue weighted by Crippen LogP contribution is -1.99. The summed E-state index contributed by atoms with van der Waals surface area (Å²) in [6.45, 7) is 8.51. The Morgan fingerprint density at radius 3 is 2.22 bits per heavy atom. The van der Waals surface area contributed by atoms with Crippen LogP contribution in [0.3, 0.4) is 0 Å². The predicted molar refractivity (Wildman–Crippen MR) is 98.3 cm³/mol. The Labute approximate surface area is 138 Å². The van der Waals surface area contributed by atoms with E-state index in [4.69, 9.17) is 0 Å². The number of aromatic nitrogens is 1. The fourth-order valence-corrected chi connectivity index (χ4v) is 2.68. The Morgan fingerprint density at radius 2 is 1.52 bits per heavy atom. The molecule has 1 aromatic heterocycles. The summed E-state index contributed by atoms with van der Waals surface area (Å²) in [5.41, 5.74) is 8.44. The number of para-hydroxylation sites is 1. The van der Waals surface area contributed by atoms with Crippen LogP contribution < -0.4 is 5.32 Å². The average Bonchev–Trinajstić information content (AvgIpc) is 2.54. The topological polar surface area (TPSA) is 24.9 Å². The minimum absolute atomic E-state index is 0.882. The minimum atomic E-state index is 0.882. The van der Waals surface area contributed by atoms with E-state index in [1.807, 2.05) is 30.3 Å². The quantitative estimate of drug-likeness (QED) is 0.668. The van der Waals surface area contributed by atoms with Gasteiger partial charge in [0.2, 0.25) is 0 Å². The monoisotopic (exact) mass is 302 g/mol. The largest absolute Gasteiger partial charge is 0.340 e. The summed E-state index contributed by atoms with van der Waals surface area (Å²) < 4.78 is 0. The fraction of sp³-hybridized carbons (Fsp3) is 0.190. The van der Waals surface area contributed by atoms with Crippen LogP contribution in [0.5, 0.6) is 0 Å². The molecule has 0 aliphatic rings. The number of aryl methyl sites for hydroxylation is 3. The van der Waals surface area contributed by atoms with Crippen LogP contribution >= 0.6 is 0 Å². The molecule has 0 amide bonds. The summed E-state index contributed by atoms with van der Waals surface area (Å²) in [7, 11) is 0. The first-order valence-corrected chi connectivity index (χ1v) is 7.92. The molecular formula is C21H22N2. The Bertz CT molecular complexity index is 836. The normalized spacial score (nSPS) is 10.6. The van der Waals surface area contributed by atoms with Gasteiger partial charge in [0.05, 0.1) is 0 Å². The Morgan fingerprint density at radius 1 is 0.783 bits per heavy atom. The lowest BCUT2D eigenvalue weighted by Gasteiger charge is -2.14. The molecule has 0 fully saturated rings. The van der Waals surface area contributed by atoms with Crippen molar-refractivity contribution in [3.63, 3.8) is 0 Å². The zero-order valence-electron chi connectivity index (χ0n) is 14.1. The van der Waals surface area contributed by atoms with Crippen LogP contribution in [-0.2, 0) is 0 Å². The SMILES string of the molecule is Cc1ccc(-c2cc(Nc3ccccc3)nc(C)c2C)cc1C. The summed E-state index contributed by atoms with van der Waals surface area (Å²) in [5, 5.41) is 3.40. The van der Waals surface area contributed by atoms with E-state index in [1.54, 1.807) is 0 Å². The molecule has 0 bridgehead atoms. The molecule has 1 heterocycles. The summed E-state index contributed by atoms with van der Waals surface area (Å²) in [6.07, 6.45) is 0. The summed E-state index contributed by atoms with van der Waals surface area (Å²) in [5.74, 6) is 0.882. The standard InChI is InChI=1S/C21H22N2/c1-14-10-11-18(12-15(14)2)20-13-21(22-17(4)16(20)3)23-19-8-6-5-7-9-19/h5-13H,1-4H3,(H,22,23). The molecule has 0 aliphatic carbocycles. The van der Waals surface area contributed by atoms with Crippen LogP contribution in [0.2, 0.25) is 0 Å². The molecule has 0 radical (unpaired) electrons. The molecule has 3 rings (SSSR count). The average molecular weight is 302 g/mol. The van der Waals surface area contributed by atoms with Gasteiger partial charge in [0.15, 0.2) is 0 Å². The van der Waals surface area contributed by atoms with Crippen molar-refractivity contribution in [1.82, 2.24) is 4.98 Å². The smallest absolute Gasteiger partial charge is 0.131 e. The van der Waals surface area contributed by atoms with Gasteiger partial charge in [-0.25, -0.2) is 4.98 Å². The highest BCUT2D eigenvalue weighted by atomic mass is 15.0. The van der Waals surface area contributed by atoms with Crippen LogP contribution in [0.25, 0.3) is 11.1 Å². The Hall–Kier alpha value is -2.61. The van der Waals surface area contributed by atoms with Gasteiger partial charge in [-0.3, -0.25) is 0 Å². The molecule has 3 aromatic rings. The summed E-state index contributed by atoms with van der Waals surface area (Å²) in [4.78, 5) is 4.68. The van der Waals surface area contributed by atoms with Crippen molar-refractivity contribution in [2.45, 2.75) is 27.7 Å². The van der Waals surface area contributed by atoms with Crippen molar-refractivity contribution in [2.24, 2.45) is 0 Å². The van der Waals surface area contributed by atoms with E-state index in [0.717, 1.165) is 17.2 Å². The molecule has 23 heavy (non-hydrogen) atoms.